The molecule has 0 aliphatic rings. The standard InChI is InChI=1S/C23H26N4O3S/c1-4-5-8-13-27-23(30)18-10-7-6-9-17(18)20(26-27)22(29)25-24-21(28)19-14-16(31-3)12-11-15(19)2/h6-7,9-12,14H,4-5,8,13H2,1-3H3,(H,24,28)(H,25,29). The minimum atomic E-state index is -0.576. The number of nitrogens with zero attached hydrogens (tertiary/aromatic N) is 2. The van der Waals surface area contributed by atoms with Crippen LogP contribution in [0.5, 0.6) is 0 Å². The third-order valence-corrected chi connectivity index (χ3v) is 5.76. The van der Waals surface area contributed by atoms with Crippen LogP contribution in [0.15, 0.2) is 52.2 Å². The number of rotatable bonds is 7. The molecule has 0 saturated heterocycles. The largest absolute Gasteiger partial charge is 0.290 e. The van der Waals surface area contributed by atoms with Crippen molar-refractivity contribution in [3.63, 3.8) is 0 Å². The van der Waals surface area contributed by atoms with E-state index in [0.717, 1.165) is 29.7 Å². The predicted molar refractivity (Wildman–Crippen MR) is 123 cm³/mol. The molecule has 1 heterocycles. The fraction of sp³-hybridized carbons (Fsp3) is 0.304. The first kappa shape index (κ1) is 22.6. The average Bonchev–Trinajstić information content (AvgIpc) is 2.79. The Bertz CT molecular complexity index is 1170. The number of hydrogen-bond acceptors (Lipinski definition) is 5. The van der Waals surface area contributed by atoms with E-state index >= 15 is 0 Å². The van der Waals surface area contributed by atoms with Crippen molar-refractivity contribution < 1.29 is 9.59 Å². The third-order valence-electron chi connectivity index (χ3n) is 5.04. The Labute approximate surface area is 185 Å². The molecule has 2 aromatic carbocycles. The number of aryl methyl sites for hydroxylation is 2. The van der Waals surface area contributed by atoms with E-state index in [0.29, 0.717) is 22.9 Å². The molecule has 2 N–H and O–H groups in total. The van der Waals surface area contributed by atoms with Gasteiger partial charge in [-0.2, -0.15) is 5.10 Å². The molecule has 0 saturated carbocycles. The number of thioether (sulfide) groups is 1. The molecule has 0 atom stereocenters. The van der Waals surface area contributed by atoms with Gasteiger partial charge in [0.1, 0.15) is 0 Å². The topological polar surface area (TPSA) is 93.1 Å². The second kappa shape index (κ2) is 10.3. The van der Waals surface area contributed by atoms with Crippen molar-refractivity contribution in [2.45, 2.75) is 44.6 Å². The number of unbranched alkanes of at least 4 members (excludes halogenated alkanes) is 2. The van der Waals surface area contributed by atoms with Crippen molar-refractivity contribution in [1.82, 2.24) is 20.6 Å². The van der Waals surface area contributed by atoms with Crippen LogP contribution in [0, 0.1) is 6.92 Å². The summed E-state index contributed by atoms with van der Waals surface area (Å²) in [6.07, 6.45) is 4.71. The maximum atomic E-state index is 12.9. The molecule has 3 rings (SSSR count). The Morgan fingerprint density at radius 1 is 1.03 bits per heavy atom. The van der Waals surface area contributed by atoms with Crippen molar-refractivity contribution in [2.75, 3.05) is 6.26 Å². The Morgan fingerprint density at radius 3 is 2.45 bits per heavy atom. The van der Waals surface area contributed by atoms with E-state index in [-0.39, 0.29) is 11.3 Å². The van der Waals surface area contributed by atoms with Gasteiger partial charge in [-0.05, 0) is 43.4 Å². The van der Waals surface area contributed by atoms with Gasteiger partial charge in [-0.3, -0.25) is 25.2 Å². The first-order valence-electron chi connectivity index (χ1n) is 10.2. The minimum absolute atomic E-state index is 0.0987. The Balaban J connectivity index is 1.85. The molecular formula is C23H26N4O3S. The summed E-state index contributed by atoms with van der Waals surface area (Å²) in [4.78, 5) is 39.2. The highest BCUT2D eigenvalue weighted by Gasteiger charge is 2.18. The molecule has 0 aliphatic heterocycles. The SMILES string of the molecule is CCCCCn1nc(C(=O)NNC(=O)c2cc(SC)ccc2C)c2ccccc2c1=O. The van der Waals surface area contributed by atoms with Crippen molar-refractivity contribution in [3.8, 4) is 0 Å². The highest BCUT2D eigenvalue weighted by Crippen LogP contribution is 2.19. The molecule has 162 valence electrons. The molecule has 0 radical (unpaired) electrons. The lowest BCUT2D eigenvalue weighted by molar-refractivity contribution is 0.0843. The molecule has 0 bridgehead atoms. The van der Waals surface area contributed by atoms with Gasteiger partial charge in [0, 0.05) is 22.4 Å². The van der Waals surface area contributed by atoms with Gasteiger partial charge in [0.05, 0.1) is 5.39 Å². The second-order valence-electron chi connectivity index (χ2n) is 7.22. The fourth-order valence-corrected chi connectivity index (χ4v) is 3.72. The zero-order valence-electron chi connectivity index (χ0n) is 17.9. The van der Waals surface area contributed by atoms with Crippen LogP contribution in [-0.2, 0) is 6.54 Å². The number of fused-ring (bicyclic) bond motifs is 1. The summed E-state index contributed by atoms with van der Waals surface area (Å²) < 4.78 is 1.33. The number of carbonyl (C=O) groups is 2. The van der Waals surface area contributed by atoms with E-state index in [9.17, 15) is 14.4 Å². The Morgan fingerprint density at radius 2 is 1.74 bits per heavy atom. The van der Waals surface area contributed by atoms with E-state index < -0.39 is 11.8 Å². The predicted octanol–water partition coefficient (Wildman–Crippen LogP) is 3.69. The van der Waals surface area contributed by atoms with Crippen molar-refractivity contribution in [2.24, 2.45) is 0 Å². The number of hydrogen-bond donors (Lipinski definition) is 2. The second-order valence-corrected chi connectivity index (χ2v) is 8.10. The minimum Gasteiger partial charge on any atom is -0.267 e. The first-order chi connectivity index (χ1) is 15.0. The fourth-order valence-electron chi connectivity index (χ4n) is 3.28. The van der Waals surface area contributed by atoms with E-state index in [1.54, 1.807) is 30.3 Å². The number of benzene rings is 2. The number of amides is 2. The van der Waals surface area contributed by atoms with Crippen LogP contribution in [0.2, 0.25) is 0 Å². The Hall–Kier alpha value is -3.13. The number of aromatic nitrogens is 2. The lowest BCUT2D eigenvalue weighted by Gasteiger charge is -2.13. The van der Waals surface area contributed by atoms with Crippen LogP contribution >= 0.6 is 11.8 Å². The molecule has 0 spiro atoms. The molecule has 1 aromatic heterocycles. The van der Waals surface area contributed by atoms with E-state index in [1.165, 1.54) is 16.4 Å². The lowest BCUT2D eigenvalue weighted by atomic mass is 10.1. The molecule has 2 amide bonds. The van der Waals surface area contributed by atoms with Gasteiger partial charge in [-0.15, -0.1) is 11.8 Å². The molecule has 0 aliphatic carbocycles. The maximum absolute atomic E-state index is 12.9. The Kier molecular flexibility index (Phi) is 7.46. The maximum Gasteiger partial charge on any atom is 0.290 e. The molecule has 0 unspecified atom stereocenters. The van der Waals surface area contributed by atoms with Gasteiger partial charge >= 0.3 is 0 Å². The third kappa shape index (κ3) is 5.14. The summed E-state index contributed by atoms with van der Waals surface area (Å²) in [5.41, 5.74) is 6.07. The molecule has 7 nitrogen and oxygen atoms in total. The van der Waals surface area contributed by atoms with E-state index in [4.69, 9.17) is 0 Å². The smallest absolute Gasteiger partial charge is 0.267 e. The summed E-state index contributed by atoms with van der Waals surface area (Å²) in [5.74, 6) is -0.991. The van der Waals surface area contributed by atoms with Gasteiger partial charge in [0.25, 0.3) is 17.4 Å². The van der Waals surface area contributed by atoms with Crippen LogP contribution in [-0.4, -0.2) is 27.9 Å². The summed E-state index contributed by atoms with van der Waals surface area (Å²) in [5, 5.41) is 5.18. The van der Waals surface area contributed by atoms with Crippen molar-refractivity contribution in [1.29, 1.82) is 0 Å². The molecule has 8 heteroatoms. The normalized spacial score (nSPS) is 10.8. The quantitative estimate of drug-likeness (QED) is 0.333. The van der Waals surface area contributed by atoms with Gasteiger partial charge < -0.3 is 0 Å². The van der Waals surface area contributed by atoms with Gasteiger partial charge in [0.2, 0.25) is 0 Å². The highest BCUT2D eigenvalue weighted by atomic mass is 32.2. The monoisotopic (exact) mass is 438 g/mol. The zero-order valence-corrected chi connectivity index (χ0v) is 18.7. The van der Waals surface area contributed by atoms with Crippen LogP contribution in [0.25, 0.3) is 10.8 Å². The van der Waals surface area contributed by atoms with Gasteiger partial charge in [-0.25, -0.2) is 4.68 Å². The summed E-state index contributed by atoms with van der Waals surface area (Å²) in [7, 11) is 0. The number of carbonyl (C=O) groups excluding carboxylic acids is 2. The van der Waals surface area contributed by atoms with Gasteiger partial charge in [0.15, 0.2) is 5.69 Å². The lowest BCUT2D eigenvalue weighted by Crippen LogP contribution is -2.43. The van der Waals surface area contributed by atoms with E-state index in [1.807, 2.05) is 25.3 Å². The van der Waals surface area contributed by atoms with Crippen LogP contribution in [0.3, 0.4) is 0 Å². The average molecular weight is 439 g/mol. The molecular weight excluding hydrogens is 412 g/mol. The molecule has 0 fully saturated rings. The van der Waals surface area contributed by atoms with E-state index in [2.05, 4.69) is 22.9 Å². The summed E-state index contributed by atoms with van der Waals surface area (Å²) in [6.45, 7) is 4.35. The summed E-state index contributed by atoms with van der Waals surface area (Å²) >= 11 is 1.53. The molecule has 31 heavy (non-hydrogen) atoms. The van der Waals surface area contributed by atoms with Gasteiger partial charge in [-0.1, -0.05) is 44.0 Å². The van der Waals surface area contributed by atoms with Crippen molar-refractivity contribution in [3.05, 3.63) is 69.6 Å². The first-order valence-corrected chi connectivity index (χ1v) is 11.4. The van der Waals surface area contributed by atoms with Crippen LogP contribution in [0.1, 0.15) is 52.6 Å². The van der Waals surface area contributed by atoms with Crippen LogP contribution < -0.4 is 16.4 Å². The van der Waals surface area contributed by atoms with Crippen LogP contribution in [0.4, 0.5) is 0 Å². The number of hydrazine groups is 1. The highest BCUT2D eigenvalue weighted by molar-refractivity contribution is 7.98. The zero-order chi connectivity index (χ0) is 22.4. The molecule has 3 aromatic rings. The summed E-state index contributed by atoms with van der Waals surface area (Å²) in [6, 6.07) is 12.5. The number of nitrogens with one attached hydrogen (secondary N) is 2. The van der Waals surface area contributed by atoms with Crippen molar-refractivity contribution >= 4 is 34.3 Å².